The molecule has 0 saturated heterocycles. The fourth-order valence-corrected chi connectivity index (χ4v) is 8.65. The van der Waals surface area contributed by atoms with Crippen molar-refractivity contribution in [3.8, 4) is 17.4 Å². The number of aromatic nitrogens is 2. The average molecular weight is 578 g/mol. The molecule has 5 heteroatoms. The molecule has 0 amide bonds. The summed E-state index contributed by atoms with van der Waals surface area (Å²) in [5.41, 5.74) is 7.38. The molecular formula is C37H35N3Si2. The monoisotopic (exact) mass is 577 g/mol. The maximum Gasteiger partial charge on any atom is 0.0993 e. The van der Waals surface area contributed by atoms with E-state index in [0.29, 0.717) is 5.56 Å². The van der Waals surface area contributed by atoms with Gasteiger partial charge in [0, 0.05) is 32.9 Å². The van der Waals surface area contributed by atoms with Crippen molar-refractivity contribution in [2.24, 2.45) is 0 Å². The normalized spacial score (nSPS) is 12.5. The molecule has 0 bridgehead atoms. The Kier molecular flexibility index (Phi) is 5.88. The fourth-order valence-electron chi connectivity index (χ4n) is 6.35. The second-order valence-electron chi connectivity index (χ2n) is 13.5. The molecule has 0 aliphatic heterocycles. The number of nitriles is 1. The van der Waals surface area contributed by atoms with Crippen LogP contribution >= 0.6 is 0 Å². The first-order valence-electron chi connectivity index (χ1n) is 14.7. The third kappa shape index (κ3) is 4.14. The van der Waals surface area contributed by atoms with Crippen molar-refractivity contribution in [3.05, 3.63) is 109 Å². The highest BCUT2D eigenvalue weighted by Gasteiger charge is 2.22. The van der Waals surface area contributed by atoms with Gasteiger partial charge in [0.25, 0.3) is 0 Å². The molecule has 3 nitrogen and oxygen atoms in total. The summed E-state index contributed by atoms with van der Waals surface area (Å²) in [6.07, 6.45) is 0. The molecule has 0 radical (unpaired) electrons. The summed E-state index contributed by atoms with van der Waals surface area (Å²) in [6.45, 7) is 14.4. The first-order chi connectivity index (χ1) is 20.0. The predicted molar refractivity (Wildman–Crippen MR) is 186 cm³/mol. The molecule has 0 spiro atoms. The van der Waals surface area contributed by atoms with Gasteiger partial charge in [-0.3, -0.25) is 0 Å². The van der Waals surface area contributed by atoms with Crippen LogP contribution in [0.3, 0.4) is 0 Å². The van der Waals surface area contributed by atoms with Gasteiger partial charge >= 0.3 is 0 Å². The minimum Gasteiger partial charge on any atom is -0.309 e. The Hall–Kier alpha value is -4.38. The summed E-state index contributed by atoms with van der Waals surface area (Å²) in [7, 11) is -3.09. The highest BCUT2D eigenvalue weighted by Crippen LogP contribution is 2.36. The van der Waals surface area contributed by atoms with Crippen LogP contribution in [0.2, 0.25) is 39.3 Å². The van der Waals surface area contributed by atoms with Gasteiger partial charge in [0.2, 0.25) is 0 Å². The third-order valence-electron chi connectivity index (χ3n) is 8.63. The molecule has 0 aliphatic rings. The second-order valence-corrected chi connectivity index (χ2v) is 23.7. The van der Waals surface area contributed by atoms with Crippen molar-refractivity contribution in [2.75, 3.05) is 0 Å². The lowest BCUT2D eigenvalue weighted by atomic mass is 10.1. The van der Waals surface area contributed by atoms with Crippen molar-refractivity contribution in [3.63, 3.8) is 0 Å². The predicted octanol–water partition coefficient (Wildman–Crippen LogP) is 8.84. The maximum absolute atomic E-state index is 10.3. The van der Waals surface area contributed by atoms with Gasteiger partial charge in [-0.15, -0.1) is 0 Å². The topological polar surface area (TPSA) is 33.6 Å². The molecule has 7 rings (SSSR count). The van der Waals surface area contributed by atoms with Crippen LogP contribution in [0, 0.1) is 11.3 Å². The van der Waals surface area contributed by atoms with E-state index in [4.69, 9.17) is 0 Å². The van der Waals surface area contributed by atoms with Crippen LogP contribution in [0.1, 0.15) is 5.56 Å². The van der Waals surface area contributed by atoms with E-state index in [-0.39, 0.29) is 0 Å². The summed E-state index contributed by atoms with van der Waals surface area (Å²) in [5, 5.41) is 18.1. The van der Waals surface area contributed by atoms with Crippen molar-refractivity contribution in [2.45, 2.75) is 39.3 Å². The Morgan fingerprint density at radius 1 is 0.476 bits per heavy atom. The third-order valence-corrected chi connectivity index (χ3v) is 12.7. The van der Waals surface area contributed by atoms with Gasteiger partial charge in [-0.25, -0.2) is 0 Å². The number of hydrogen-bond donors (Lipinski definition) is 0. The molecule has 0 fully saturated rings. The number of nitrogens with zero attached hydrogens (tertiary/aromatic N) is 3. The number of benzene rings is 5. The number of hydrogen-bond acceptors (Lipinski definition) is 1. The van der Waals surface area contributed by atoms with Crippen LogP contribution in [0.15, 0.2) is 103 Å². The van der Waals surface area contributed by atoms with E-state index in [1.165, 1.54) is 43.0 Å². The van der Waals surface area contributed by atoms with Crippen molar-refractivity contribution in [1.82, 2.24) is 9.13 Å². The summed E-state index contributed by atoms with van der Waals surface area (Å²) < 4.78 is 4.72. The fraction of sp³-hybridized carbons (Fsp3) is 0.162. The standard InChI is InChI=1S/C37H35N3Si2/c1-41(2,3)28-15-17-32-30-11-7-9-13-34(30)39(36(32)22-28)26-19-25(24-38)20-27(21-26)40-35-14-10-8-12-31(35)33-18-16-29(23-37(33)40)42(4,5)6/h7-23H,1-6H3. The smallest absolute Gasteiger partial charge is 0.0993 e. The quantitative estimate of drug-likeness (QED) is 0.192. The lowest BCUT2D eigenvalue weighted by Crippen LogP contribution is -2.37. The van der Waals surface area contributed by atoms with Crippen LogP contribution in [0.4, 0.5) is 0 Å². The van der Waals surface area contributed by atoms with Gasteiger partial charge in [-0.2, -0.15) is 5.26 Å². The zero-order valence-corrected chi connectivity index (χ0v) is 27.2. The van der Waals surface area contributed by atoms with Crippen LogP contribution in [0.5, 0.6) is 0 Å². The molecule has 7 aromatic rings. The molecule has 206 valence electrons. The summed E-state index contributed by atoms with van der Waals surface area (Å²) in [5.74, 6) is 0. The lowest BCUT2D eigenvalue weighted by molar-refractivity contribution is 1.13. The zero-order valence-electron chi connectivity index (χ0n) is 25.2. The number of fused-ring (bicyclic) bond motifs is 6. The Morgan fingerprint density at radius 3 is 1.29 bits per heavy atom. The van der Waals surface area contributed by atoms with Gasteiger partial charge in [0.1, 0.15) is 0 Å². The van der Waals surface area contributed by atoms with E-state index in [1.54, 1.807) is 0 Å². The van der Waals surface area contributed by atoms with E-state index in [0.717, 1.165) is 22.4 Å². The number of para-hydroxylation sites is 2. The van der Waals surface area contributed by atoms with Crippen LogP contribution in [-0.4, -0.2) is 25.3 Å². The molecule has 0 saturated carbocycles. The second kappa shape index (κ2) is 9.32. The summed E-state index contributed by atoms with van der Waals surface area (Å²) >= 11 is 0. The van der Waals surface area contributed by atoms with Crippen molar-refractivity contribution < 1.29 is 0 Å². The minimum atomic E-state index is -1.54. The van der Waals surface area contributed by atoms with E-state index in [9.17, 15) is 5.26 Å². The molecule has 42 heavy (non-hydrogen) atoms. The molecule has 2 aromatic heterocycles. The average Bonchev–Trinajstić information content (AvgIpc) is 3.48. The Labute approximate surface area is 249 Å². The van der Waals surface area contributed by atoms with Crippen LogP contribution < -0.4 is 10.4 Å². The maximum atomic E-state index is 10.3. The van der Waals surface area contributed by atoms with Gasteiger partial charge in [-0.1, -0.05) is 110 Å². The first-order valence-corrected chi connectivity index (χ1v) is 21.7. The molecule has 2 heterocycles. The van der Waals surface area contributed by atoms with Gasteiger partial charge in [0.05, 0.1) is 49.8 Å². The number of rotatable bonds is 4. The molecular weight excluding hydrogens is 543 g/mol. The molecule has 5 aromatic carbocycles. The largest absolute Gasteiger partial charge is 0.309 e. The van der Waals surface area contributed by atoms with E-state index < -0.39 is 16.1 Å². The molecule has 0 N–H and O–H groups in total. The van der Waals surface area contributed by atoms with Gasteiger partial charge < -0.3 is 9.13 Å². The van der Waals surface area contributed by atoms with Crippen molar-refractivity contribution in [1.29, 1.82) is 5.26 Å². The summed E-state index contributed by atoms with van der Waals surface area (Å²) in [6, 6.07) is 40.1. The van der Waals surface area contributed by atoms with E-state index >= 15 is 0 Å². The van der Waals surface area contributed by atoms with Gasteiger partial charge in [0.15, 0.2) is 0 Å². The summed E-state index contributed by atoms with van der Waals surface area (Å²) in [4.78, 5) is 0. The highest BCUT2D eigenvalue weighted by atomic mass is 28.3. The van der Waals surface area contributed by atoms with Crippen molar-refractivity contribution >= 4 is 70.1 Å². The Balaban J connectivity index is 1.58. The van der Waals surface area contributed by atoms with Crippen LogP contribution in [-0.2, 0) is 0 Å². The van der Waals surface area contributed by atoms with Crippen LogP contribution in [0.25, 0.3) is 55.0 Å². The first kappa shape index (κ1) is 26.5. The SMILES string of the molecule is C[Si](C)(C)c1ccc2c3ccccc3n(-c3cc(C#N)cc(-n4c5ccccc5c5ccc([Si](C)(C)C)cc54)c3)c2c1. The Bertz CT molecular complexity index is 2080. The molecule has 0 unspecified atom stereocenters. The molecule has 0 atom stereocenters. The Morgan fingerprint density at radius 2 is 0.881 bits per heavy atom. The van der Waals surface area contributed by atoms with Gasteiger partial charge in [-0.05, 0) is 42.5 Å². The lowest BCUT2D eigenvalue weighted by Gasteiger charge is -2.18. The van der Waals surface area contributed by atoms with E-state index in [2.05, 4.69) is 145 Å². The zero-order chi connectivity index (χ0) is 29.4. The molecule has 0 aliphatic carbocycles. The highest BCUT2D eigenvalue weighted by molar-refractivity contribution is 6.89. The van der Waals surface area contributed by atoms with E-state index in [1.807, 2.05) is 12.1 Å². The minimum absolute atomic E-state index is 0.655.